The Morgan fingerprint density at radius 1 is 1.06 bits per heavy atom. The van der Waals surface area contributed by atoms with Crippen molar-refractivity contribution in [1.82, 2.24) is 4.57 Å². The summed E-state index contributed by atoms with van der Waals surface area (Å²) < 4.78 is 18.4. The number of amides is 1. The molecular weight excluding hydrogens is 480 g/mol. The molecule has 0 atom stereocenters. The number of rotatable bonds is 6. The van der Waals surface area contributed by atoms with E-state index in [1.807, 2.05) is 41.8 Å². The summed E-state index contributed by atoms with van der Waals surface area (Å²) in [6, 6.07) is 17.9. The number of nitrogens with zero attached hydrogens (tertiary/aromatic N) is 2. The monoisotopic (exact) mass is 502 g/mol. The number of aromatic nitrogens is 1. The van der Waals surface area contributed by atoms with E-state index < -0.39 is 17.5 Å². The van der Waals surface area contributed by atoms with E-state index in [1.54, 1.807) is 30.3 Å². The molecule has 0 unspecified atom stereocenters. The van der Waals surface area contributed by atoms with E-state index in [9.17, 15) is 14.4 Å². The SMILES string of the molecule is CCOCCn1c(=NC(=O)c2cc3c(ccc4ccccc43)oc2=O)sc2cc(C(=O)OC)ccc21. The predicted octanol–water partition coefficient (Wildman–Crippen LogP) is 4.53. The Balaban J connectivity index is 1.65. The van der Waals surface area contributed by atoms with Crippen LogP contribution in [0.1, 0.15) is 27.6 Å². The molecule has 1 amide bonds. The Hall–Kier alpha value is -4.08. The molecule has 3 aromatic carbocycles. The van der Waals surface area contributed by atoms with Gasteiger partial charge in [0.25, 0.3) is 5.91 Å². The highest BCUT2D eigenvalue weighted by atomic mass is 32.1. The van der Waals surface area contributed by atoms with Gasteiger partial charge in [-0.1, -0.05) is 41.7 Å². The number of hydrogen-bond donors (Lipinski definition) is 0. The summed E-state index contributed by atoms with van der Waals surface area (Å²) in [4.78, 5) is 42.6. The van der Waals surface area contributed by atoms with Gasteiger partial charge < -0.3 is 18.5 Å². The predicted molar refractivity (Wildman–Crippen MR) is 138 cm³/mol. The smallest absolute Gasteiger partial charge is 0.349 e. The molecule has 0 bridgehead atoms. The van der Waals surface area contributed by atoms with E-state index in [4.69, 9.17) is 13.9 Å². The second kappa shape index (κ2) is 9.88. The van der Waals surface area contributed by atoms with Crippen molar-refractivity contribution in [3.05, 3.63) is 87.0 Å². The fourth-order valence-electron chi connectivity index (χ4n) is 4.09. The molecule has 2 aromatic heterocycles. The third-order valence-corrected chi connectivity index (χ3v) is 6.88. The lowest BCUT2D eigenvalue weighted by atomic mass is 10.0. The van der Waals surface area contributed by atoms with Crippen molar-refractivity contribution in [2.24, 2.45) is 4.99 Å². The van der Waals surface area contributed by atoms with E-state index >= 15 is 0 Å². The highest BCUT2D eigenvalue weighted by Crippen LogP contribution is 2.25. The quantitative estimate of drug-likeness (QED) is 0.146. The number of fused-ring (bicyclic) bond motifs is 4. The lowest BCUT2D eigenvalue weighted by Crippen LogP contribution is -2.21. The lowest BCUT2D eigenvalue weighted by Gasteiger charge is -2.06. The minimum Gasteiger partial charge on any atom is -0.465 e. The van der Waals surface area contributed by atoms with E-state index in [0.29, 0.717) is 41.1 Å². The van der Waals surface area contributed by atoms with Crippen LogP contribution in [0.15, 0.2) is 74.9 Å². The highest BCUT2D eigenvalue weighted by Gasteiger charge is 2.17. The molecule has 0 aliphatic rings. The number of benzene rings is 3. The first-order valence-corrected chi connectivity index (χ1v) is 12.2. The summed E-state index contributed by atoms with van der Waals surface area (Å²) in [6.45, 7) is 3.30. The molecule has 0 saturated heterocycles. The molecule has 0 radical (unpaired) electrons. The molecule has 8 nitrogen and oxygen atoms in total. The maximum atomic E-state index is 13.3. The van der Waals surface area contributed by atoms with E-state index in [0.717, 1.165) is 21.0 Å². The van der Waals surface area contributed by atoms with Crippen LogP contribution < -0.4 is 10.4 Å². The largest absolute Gasteiger partial charge is 0.465 e. The van der Waals surface area contributed by atoms with E-state index in [-0.39, 0.29) is 5.56 Å². The fourth-order valence-corrected chi connectivity index (χ4v) is 5.18. The zero-order valence-corrected chi connectivity index (χ0v) is 20.5. The summed E-state index contributed by atoms with van der Waals surface area (Å²) in [5.74, 6) is -1.16. The van der Waals surface area contributed by atoms with Gasteiger partial charge in [-0.2, -0.15) is 4.99 Å². The maximum absolute atomic E-state index is 13.3. The first kappa shape index (κ1) is 23.7. The molecule has 182 valence electrons. The number of carbonyl (C=O) groups is 2. The Kier molecular flexibility index (Phi) is 6.49. The van der Waals surface area contributed by atoms with Crippen LogP contribution in [0.4, 0.5) is 0 Å². The number of esters is 1. The van der Waals surface area contributed by atoms with Crippen LogP contribution in [-0.2, 0) is 16.0 Å². The minimum atomic E-state index is -0.749. The van der Waals surface area contributed by atoms with Gasteiger partial charge in [0, 0.05) is 18.5 Å². The Morgan fingerprint density at radius 3 is 2.69 bits per heavy atom. The molecular formula is C27H22N2O6S. The zero-order chi connectivity index (χ0) is 25.2. The van der Waals surface area contributed by atoms with Gasteiger partial charge in [0.05, 0.1) is 29.5 Å². The molecule has 0 N–H and O–H groups in total. The van der Waals surface area contributed by atoms with Gasteiger partial charge in [0.1, 0.15) is 11.1 Å². The van der Waals surface area contributed by atoms with Crippen molar-refractivity contribution in [1.29, 1.82) is 0 Å². The second-order valence-corrected chi connectivity index (χ2v) is 8.98. The average molecular weight is 503 g/mol. The number of methoxy groups -OCH3 is 1. The van der Waals surface area contributed by atoms with Crippen molar-refractivity contribution in [2.45, 2.75) is 13.5 Å². The fraction of sp³-hybridized carbons (Fsp3) is 0.185. The standard InChI is InChI=1S/C27H22N2O6S/c1-3-34-13-12-29-21-10-8-17(25(31)33-2)14-23(21)36-27(29)28-24(30)20-15-19-18-7-5-4-6-16(18)9-11-22(19)35-26(20)32/h4-11,14-15H,3,12-13H2,1-2H3. The molecule has 5 rings (SSSR count). The van der Waals surface area contributed by atoms with Gasteiger partial charge in [-0.3, -0.25) is 4.79 Å². The van der Waals surface area contributed by atoms with Crippen molar-refractivity contribution >= 4 is 55.2 Å². The summed E-state index contributed by atoms with van der Waals surface area (Å²) >= 11 is 1.24. The third-order valence-electron chi connectivity index (χ3n) is 5.84. The number of carbonyl (C=O) groups excluding carboxylic acids is 2. The van der Waals surface area contributed by atoms with Crippen LogP contribution in [0.5, 0.6) is 0 Å². The molecule has 9 heteroatoms. The summed E-state index contributed by atoms with van der Waals surface area (Å²) in [5, 5.41) is 2.50. The molecule has 36 heavy (non-hydrogen) atoms. The molecule has 0 spiro atoms. The minimum absolute atomic E-state index is 0.150. The molecule has 2 heterocycles. The first-order chi connectivity index (χ1) is 17.5. The highest BCUT2D eigenvalue weighted by molar-refractivity contribution is 7.16. The van der Waals surface area contributed by atoms with Gasteiger partial charge in [-0.05, 0) is 48.0 Å². The number of hydrogen-bond acceptors (Lipinski definition) is 7. The average Bonchev–Trinajstić information content (AvgIpc) is 3.23. The number of thiazole rings is 1. The van der Waals surface area contributed by atoms with Crippen LogP contribution >= 0.6 is 11.3 Å². The third kappa shape index (κ3) is 4.34. The van der Waals surface area contributed by atoms with Crippen molar-refractivity contribution in [3.8, 4) is 0 Å². The lowest BCUT2D eigenvalue weighted by molar-refractivity contribution is 0.0600. The van der Waals surface area contributed by atoms with E-state index in [2.05, 4.69) is 4.99 Å². The molecule has 0 aliphatic heterocycles. The Morgan fingerprint density at radius 2 is 1.89 bits per heavy atom. The van der Waals surface area contributed by atoms with E-state index in [1.165, 1.54) is 18.4 Å². The van der Waals surface area contributed by atoms with Crippen LogP contribution in [0, 0.1) is 0 Å². The van der Waals surface area contributed by atoms with Gasteiger partial charge in [0.15, 0.2) is 4.80 Å². The zero-order valence-electron chi connectivity index (χ0n) is 19.6. The topological polar surface area (TPSA) is 100 Å². The summed E-state index contributed by atoms with van der Waals surface area (Å²) in [5.41, 5.74) is 0.683. The van der Waals surface area contributed by atoms with Crippen LogP contribution in [0.25, 0.3) is 32.0 Å². The van der Waals surface area contributed by atoms with Crippen LogP contribution in [0.2, 0.25) is 0 Å². The number of ether oxygens (including phenoxy) is 2. The van der Waals surface area contributed by atoms with Gasteiger partial charge >= 0.3 is 11.6 Å². The molecule has 0 fully saturated rings. The van der Waals surface area contributed by atoms with Crippen LogP contribution in [-0.4, -0.2) is 36.8 Å². The van der Waals surface area contributed by atoms with Gasteiger partial charge in [-0.25, -0.2) is 9.59 Å². The first-order valence-electron chi connectivity index (χ1n) is 11.3. The maximum Gasteiger partial charge on any atom is 0.349 e. The summed E-state index contributed by atoms with van der Waals surface area (Å²) in [7, 11) is 1.32. The molecule has 0 saturated carbocycles. The normalized spacial score (nSPS) is 12.0. The Bertz CT molecular complexity index is 1760. The molecule has 5 aromatic rings. The second-order valence-electron chi connectivity index (χ2n) is 7.97. The van der Waals surface area contributed by atoms with Crippen molar-refractivity contribution in [2.75, 3.05) is 20.3 Å². The van der Waals surface area contributed by atoms with Crippen molar-refractivity contribution < 1.29 is 23.5 Å². The summed E-state index contributed by atoms with van der Waals surface area (Å²) in [6.07, 6.45) is 0. The van der Waals surface area contributed by atoms with Crippen LogP contribution in [0.3, 0.4) is 0 Å². The molecule has 0 aliphatic carbocycles. The van der Waals surface area contributed by atoms with Gasteiger partial charge in [0.2, 0.25) is 0 Å². The Labute approximate surface area is 209 Å². The van der Waals surface area contributed by atoms with Gasteiger partial charge in [-0.15, -0.1) is 0 Å². The van der Waals surface area contributed by atoms with Crippen molar-refractivity contribution in [3.63, 3.8) is 0 Å².